The molecule has 0 unspecified atom stereocenters. The molecule has 0 bridgehead atoms. The molecular formula is C17H19N3. The number of nitrogens with zero attached hydrogens (tertiary/aromatic N) is 3. The molecule has 0 atom stereocenters. The smallest absolute Gasteiger partial charge is 0.0669 e. The maximum atomic E-state index is 8.65. The minimum atomic E-state index is 0.484. The number of hydrogen-bond acceptors (Lipinski definition) is 3. The molecule has 0 saturated heterocycles. The maximum absolute atomic E-state index is 8.65. The summed E-state index contributed by atoms with van der Waals surface area (Å²) in [4.78, 5) is 6.33. The summed E-state index contributed by atoms with van der Waals surface area (Å²) in [6.45, 7) is 1.95. The molecule has 1 heterocycles. The summed E-state index contributed by atoms with van der Waals surface area (Å²) < 4.78 is 0. The van der Waals surface area contributed by atoms with Crippen molar-refractivity contribution in [1.82, 2.24) is 9.88 Å². The number of likely N-dealkylation sites (N-methyl/N-ethyl adjacent to an activating group) is 1. The Labute approximate surface area is 120 Å². The van der Waals surface area contributed by atoms with Crippen LogP contribution in [0.25, 0.3) is 0 Å². The van der Waals surface area contributed by atoms with Crippen LogP contribution < -0.4 is 0 Å². The highest BCUT2D eigenvalue weighted by atomic mass is 15.1. The molecule has 0 spiro atoms. The zero-order chi connectivity index (χ0) is 14.2. The largest absolute Gasteiger partial charge is 0.302 e. The van der Waals surface area contributed by atoms with Gasteiger partial charge in [0.1, 0.15) is 0 Å². The molecule has 0 saturated carbocycles. The summed E-state index contributed by atoms with van der Waals surface area (Å²) in [5.41, 5.74) is 3.68. The highest BCUT2D eigenvalue weighted by Crippen LogP contribution is 2.08. The number of nitriles is 1. The predicted octanol–water partition coefficient (Wildman–Crippen LogP) is 2.82. The van der Waals surface area contributed by atoms with Gasteiger partial charge < -0.3 is 4.90 Å². The summed E-state index contributed by atoms with van der Waals surface area (Å²) in [7, 11) is 2.13. The van der Waals surface area contributed by atoms with Crippen LogP contribution in [-0.4, -0.2) is 23.5 Å². The van der Waals surface area contributed by atoms with Crippen LogP contribution in [0.2, 0.25) is 0 Å². The number of pyridine rings is 1. The van der Waals surface area contributed by atoms with Crippen molar-refractivity contribution in [3.63, 3.8) is 0 Å². The van der Waals surface area contributed by atoms with E-state index in [9.17, 15) is 0 Å². The van der Waals surface area contributed by atoms with Gasteiger partial charge in [0.2, 0.25) is 0 Å². The van der Waals surface area contributed by atoms with Crippen LogP contribution in [0.4, 0.5) is 0 Å². The molecule has 102 valence electrons. The number of aromatic nitrogens is 1. The van der Waals surface area contributed by atoms with Gasteiger partial charge in [-0.15, -0.1) is 0 Å². The topological polar surface area (TPSA) is 39.9 Å². The summed E-state index contributed by atoms with van der Waals surface area (Å²) in [6, 6.07) is 14.6. The van der Waals surface area contributed by atoms with E-state index < -0.39 is 0 Å². The maximum Gasteiger partial charge on any atom is 0.0669 e. The molecule has 1 aromatic carbocycles. The number of benzene rings is 1. The zero-order valence-electron chi connectivity index (χ0n) is 11.8. The Hall–Kier alpha value is -2.18. The average Bonchev–Trinajstić information content (AvgIpc) is 2.49. The lowest BCUT2D eigenvalue weighted by atomic mass is 10.1. The van der Waals surface area contributed by atoms with E-state index in [0.29, 0.717) is 6.42 Å². The second-order valence-corrected chi connectivity index (χ2v) is 4.99. The molecule has 0 aliphatic rings. The first-order chi connectivity index (χ1) is 9.78. The van der Waals surface area contributed by atoms with Crippen LogP contribution in [-0.2, 0) is 19.4 Å². The van der Waals surface area contributed by atoms with Gasteiger partial charge in [0.25, 0.3) is 0 Å². The molecular weight excluding hydrogens is 246 g/mol. The van der Waals surface area contributed by atoms with E-state index in [0.717, 1.165) is 25.1 Å². The van der Waals surface area contributed by atoms with Crippen molar-refractivity contribution in [2.75, 3.05) is 13.6 Å². The average molecular weight is 265 g/mol. The van der Waals surface area contributed by atoms with Crippen molar-refractivity contribution in [3.05, 3.63) is 65.5 Å². The quantitative estimate of drug-likeness (QED) is 0.806. The first kappa shape index (κ1) is 14.2. The monoisotopic (exact) mass is 265 g/mol. The Balaban J connectivity index is 1.82. The summed E-state index contributed by atoms with van der Waals surface area (Å²) in [5.74, 6) is 0. The predicted molar refractivity (Wildman–Crippen MR) is 80.0 cm³/mol. The molecule has 0 amide bonds. The third-order valence-corrected chi connectivity index (χ3v) is 3.29. The van der Waals surface area contributed by atoms with Gasteiger partial charge in [0, 0.05) is 25.5 Å². The van der Waals surface area contributed by atoms with Gasteiger partial charge in [-0.2, -0.15) is 5.26 Å². The minimum Gasteiger partial charge on any atom is -0.302 e. The standard InChI is InChI=1S/C17H19N3/c1-20(13-9-16-7-11-19-12-8-16)14-17-4-2-15(3-5-17)6-10-18/h2-5,7-8,11-12H,6,9,13-14H2,1H3. The Bertz CT molecular complexity index is 555. The van der Waals surface area contributed by atoms with Gasteiger partial charge in [-0.05, 0) is 42.3 Å². The van der Waals surface area contributed by atoms with Gasteiger partial charge in [-0.1, -0.05) is 24.3 Å². The fraction of sp³-hybridized carbons (Fsp3) is 0.294. The van der Waals surface area contributed by atoms with Gasteiger partial charge in [-0.3, -0.25) is 4.98 Å². The van der Waals surface area contributed by atoms with E-state index in [1.165, 1.54) is 11.1 Å². The molecule has 0 aliphatic heterocycles. The van der Waals surface area contributed by atoms with Crippen LogP contribution >= 0.6 is 0 Å². The molecule has 3 nitrogen and oxygen atoms in total. The van der Waals surface area contributed by atoms with Crippen LogP contribution in [0.3, 0.4) is 0 Å². The van der Waals surface area contributed by atoms with Crippen molar-refractivity contribution in [1.29, 1.82) is 5.26 Å². The fourth-order valence-electron chi connectivity index (χ4n) is 2.11. The first-order valence-electron chi connectivity index (χ1n) is 6.80. The number of hydrogen-bond donors (Lipinski definition) is 0. The Kier molecular flexibility index (Phi) is 5.28. The molecule has 0 N–H and O–H groups in total. The second-order valence-electron chi connectivity index (χ2n) is 4.99. The Morgan fingerprint density at radius 2 is 1.65 bits per heavy atom. The van der Waals surface area contributed by atoms with Gasteiger partial charge >= 0.3 is 0 Å². The van der Waals surface area contributed by atoms with Crippen molar-refractivity contribution in [2.24, 2.45) is 0 Å². The van der Waals surface area contributed by atoms with Gasteiger partial charge in [-0.25, -0.2) is 0 Å². The summed E-state index contributed by atoms with van der Waals surface area (Å²) in [5, 5.41) is 8.65. The van der Waals surface area contributed by atoms with E-state index in [2.05, 4.69) is 47.3 Å². The van der Waals surface area contributed by atoms with Crippen LogP contribution in [0.5, 0.6) is 0 Å². The fourth-order valence-corrected chi connectivity index (χ4v) is 2.11. The zero-order valence-corrected chi connectivity index (χ0v) is 11.8. The molecule has 3 heteroatoms. The molecule has 0 aliphatic carbocycles. The third kappa shape index (κ3) is 4.49. The molecule has 2 aromatic rings. The van der Waals surface area contributed by atoms with E-state index in [-0.39, 0.29) is 0 Å². The lowest BCUT2D eigenvalue weighted by Gasteiger charge is -2.16. The van der Waals surface area contributed by atoms with E-state index in [1.807, 2.05) is 24.5 Å². The molecule has 0 radical (unpaired) electrons. The minimum absolute atomic E-state index is 0.484. The normalized spacial score (nSPS) is 10.4. The molecule has 2 rings (SSSR count). The van der Waals surface area contributed by atoms with Crippen LogP contribution in [0.15, 0.2) is 48.8 Å². The molecule has 0 fully saturated rings. The lowest BCUT2D eigenvalue weighted by molar-refractivity contribution is 0.331. The summed E-state index contributed by atoms with van der Waals surface area (Å²) in [6.07, 6.45) is 5.19. The van der Waals surface area contributed by atoms with Gasteiger partial charge in [0.15, 0.2) is 0 Å². The van der Waals surface area contributed by atoms with Crippen LogP contribution in [0, 0.1) is 11.3 Å². The van der Waals surface area contributed by atoms with Crippen molar-refractivity contribution < 1.29 is 0 Å². The van der Waals surface area contributed by atoms with Crippen molar-refractivity contribution in [3.8, 4) is 6.07 Å². The first-order valence-corrected chi connectivity index (χ1v) is 6.80. The third-order valence-electron chi connectivity index (χ3n) is 3.29. The van der Waals surface area contributed by atoms with Crippen molar-refractivity contribution >= 4 is 0 Å². The highest BCUT2D eigenvalue weighted by molar-refractivity contribution is 5.24. The van der Waals surface area contributed by atoms with Crippen molar-refractivity contribution in [2.45, 2.75) is 19.4 Å². The van der Waals surface area contributed by atoms with Gasteiger partial charge in [0.05, 0.1) is 12.5 Å². The van der Waals surface area contributed by atoms with E-state index in [4.69, 9.17) is 5.26 Å². The Morgan fingerprint density at radius 3 is 2.30 bits per heavy atom. The summed E-state index contributed by atoms with van der Waals surface area (Å²) >= 11 is 0. The number of rotatable bonds is 6. The Morgan fingerprint density at radius 1 is 1.00 bits per heavy atom. The van der Waals surface area contributed by atoms with E-state index in [1.54, 1.807) is 0 Å². The van der Waals surface area contributed by atoms with Crippen LogP contribution in [0.1, 0.15) is 16.7 Å². The second kappa shape index (κ2) is 7.42. The van der Waals surface area contributed by atoms with E-state index >= 15 is 0 Å². The molecule has 20 heavy (non-hydrogen) atoms. The SMILES string of the molecule is CN(CCc1ccncc1)Cc1ccc(CC#N)cc1. The lowest BCUT2D eigenvalue weighted by Crippen LogP contribution is -2.20. The highest BCUT2D eigenvalue weighted by Gasteiger charge is 2.01. The molecule has 1 aromatic heterocycles.